The maximum atomic E-state index is 13.4. The molecule has 2 aromatic carbocycles. The predicted molar refractivity (Wildman–Crippen MR) is 97.3 cm³/mol. The van der Waals surface area contributed by atoms with E-state index in [-0.39, 0.29) is 0 Å². The summed E-state index contributed by atoms with van der Waals surface area (Å²) in [5, 5.41) is 9.57. The molecule has 1 atom stereocenters. The van der Waals surface area contributed by atoms with E-state index in [2.05, 4.69) is 15.5 Å². The van der Waals surface area contributed by atoms with E-state index < -0.39 is 23.6 Å². The molecule has 1 aromatic heterocycles. The summed E-state index contributed by atoms with van der Waals surface area (Å²) in [5.41, 5.74) is 2.02. The average Bonchev–Trinajstić information content (AvgIpc) is 3.19. The van der Waals surface area contributed by atoms with Crippen LogP contribution in [0, 0.1) is 11.6 Å². The molecule has 0 aliphatic carbocycles. The number of hydrogen-bond acceptors (Lipinski definition) is 4. The van der Waals surface area contributed by atoms with Gasteiger partial charge in [0.15, 0.2) is 23.1 Å². The number of nitrogens with one attached hydrogen (secondary N) is 2. The number of H-pyrrole nitrogens is 1. The number of aromatic amines is 1. The molecule has 1 amide bonds. The zero-order valence-corrected chi connectivity index (χ0v) is 15.0. The number of nitrogens with zero attached hydrogens (tertiary/aromatic N) is 1. The fraction of sp³-hybridized carbons (Fsp3) is 0.200. The molecule has 144 valence electrons. The lowest BCUT2D eigenvalue weighted by Gasteiger charge is -2.19. The van der Waals surface area contributed by atoms with Crippen LogP contribution >= 0.6 is 0 Å². The van der Waals surface area contributed by atoms with Gasteiger partial charge in [0, 0.05) is 5.56 Å². The molecule has 6 nitrogen and oxygen atoms in total. The lowest BCUT2D eigenvalue weighted by Crippen LogP contribution is -2.27. The summed E-state index contributed by atoms with van der Waals surface area (Å²) >= 11 is 0. The van der Waals surface area contributed by atoms with E-state index in [0.29, 0.717) is 47.1 Å². The normalized spacial score (nSPS) is 13.8. The Morgan fingerprint density at radius 3 is 2.68 bits per heavy atom. The lowest BCUT2D eigenvalue weighted by atomic mass is 10.0. The minimum atomic E-state index is -0.959. The SMILES string of the molecule is CC(NC(=O)c1cn[nH]c1-c1ccc2c(c1)OCCO2)c1ccc(F)c(F)c1. The number of ether oxygens (including phenoxy) is 2. The average molecular weight is 385 g/mol. The van der Waals surface area contributed by atoms with Crippen molar-refractivity contribution in [1.82, 2.24) is 15.5 Å². The number of carbonyl (C=O) groups is 1. The minimum absolute atomic E-state index is 0.325. The van der Waals surface area contributed by atoms with Crippen molar-refractivity contribution in [3.05, 3.63) is 65.4 Å². The topological polar surface area (TPSA) is 76.2 Å². The summed E-state index contributed by atoms with van der Waals surface area (Å²) in [6.45, 7) is 2.64. The first-order valence-electron chi connectivity index (χ1n) is 8.72. The summed E-state index contributed by atoms with van der Waals surface area (Å²) in [6.07, 6.45) is 1.42. The Morgan fingerprint density at radius 1 is 1.11 bits per heavy atom. The van der Waals surface area contributed by atoms with Crippen LogP contribution in [0.2, 0.25) is 0 Å². The second-order valence-corrected chi connectivity index (χ2v) is 6.39. The molecule has 8 heteroatoms. The van der Waals surface area contributed by atoms with Crippen molar-refractivity contribution in [3.63, 3.8) is 0 Å². The fourth-order valence-corrected chi connectivity index (χ4v) is 3.02. The molecule has 0 bridgehead atoms. The number of hydrogen-bond donors (Lipinski definition) is 2. The molecule has 0 saturated heterocycles. The molecule has 2 heterocycles. The van der Waals surface area contributed by atoms with Crippen LogP contribution < -0.4 is 14.8 Å². The van der Waals surface area contributed by atoms with Gasteiger partial charge >= 0.3 is 0 Å². The van der Waals surface area contributed by atoms with Crippen LogP contribution in [0.4, 0.5) is 8.78 Å². The standard InChI is InChI=1S/C20H17F2N3O3/c1-11(12-2-4-15(21)16(22)8-12)24-20(26)14-10-23-25-19(14)13-3-5-17-18(9-13)28-7-6-27-17/h2-5,8-11H,6-7H2,1H3,(H,23,25)(H,24,26). The molecule has 2 N–H and O–H groups in total. The van der Waals surface area contributed by atoms with E-state index in [0.717, 1.165) is 12.1 Å². The summed E-state index contributed by atoms with van der Waals surface area (Å²) in [6, 6.07) is 8.36. The third kappa shape index (κ3) is 3.40. The Kier molecular flexibility index (Phi) is 4.68. The number of carbonyl (C=O) groups excluding carboxylic acids is 1. The van der Waals surface area contributed by atoms with Crippen molar-refractivity contribution in [3.8, 4) is 22.8 Å². The largest absolute Gasteiger partial charge is 0.486 e. The Labute approximate surface area is 159 Å². The van der Waals surface area contributed by atoms with Gasteiger partial charge in [-0.15, -0.1) is 0 Å². The molecular formula is C20H17F2N3O3. The van der Waals surface area contributed by atoms with Crippen LogP contribution in [-0.2, 0) is 0 Å². The summed E-state index contributed by atoms with van der Waals surface area (Å²) < 4.78 is 37.6. The maximum absolute atomic E-state index is 13.4. The lowest BCUT2D eigenvalue weighted by molar-refractivity contribution is 0.0940. The predicted octanol–water partition coefficient (Wildman–Crippen LogP) is 3.62. The smallest absolute Gasteiger partial charge is 0.255 e. The van der Waals surface area contributed by atoms with Gasteiger partial charge in [0.1, 0.15) is 13.2 Å². The van der Waals surface area contributed by atoms with Gasteiger partial charge in [0.05, 0.1) is 23.5 Å². The van der Waals surface area contributed by atoms with Crippen molar-refractivity contribution in [2.45, 2.75) is 13.0 Å². The number of halogens is 2. The van der Waals surface area contributed by atoms with Crippen molar-refractivity contribution < 1.29 is 23.0 Å². The number of aromatic nitrogens is 2. The summed E-state index contributed by atoms with van der Waals surface area (Å²) in [5.74, 6) is -1.04. The van der Waals surface area contributed by atoms with E-state index >= 15 is 0 Å². The molecule has 0 radical (unpaired) electrons. The minimum Gasteiger partial charge on any atom is -0.486 e. The Balaban J connectivity index is 1.56. The van der Waals surface area contributed by atoms with Crippen molar-refractivity contribution >= 4 is 5.91 Å². The highest BCUT2D eigenvalue weighted by Crippen LogP contribution is 2.35. The first-order valence-corrected chi connectivity index (χ1v) is 8.72. The molecule has 0 saturated carbocycles. The molecule has 0 fully saturated rings. The summed E-state index contributed by atoms with van der Waals surface area (Å²) in [7, 11) is 0. The Hall–Kier alpha value is -3.42. The zero-order chi connectivity index (χ0) is 19.7. The van der Waals surface area contributed by atoms with Crippen LogP contribution in [0.3, 0.4) is 0 Å². The van der Waals surface area contributed by atoms with Crippen molar-refractivity contribution in [2.24, 2.45) is 0 Å². The highest BCUT2D eigenvalue weighted by atomic mass is 19.2. The van der Waals surface area contributed by atoms with E-state index in [1.165, 1.54) is 12.3 Å². The van der Waals surface area contributed by atoms with Gasteiger partial charge in [-0.25, -0.2) is 8.78 Å². The van der Waals surface area contributed by atoms with E-state index in [9.17, 15) is 13.6 Å². The highest BCUT2D eigenvalue weighted by molar-refractivity contribution is 6.00. The second kappa shape index (κ2) is 7.30. The zero-order valence-electron chi connectivity index (χ0n) is 15.0. The van der Waals surface area contributed by atoms with E-state index in [1.807, 2.05) is 0 Å². The third-order valence-corrected chi connectivity index (χ3v) is 4.51. The van der Waals surface area contributed by atoms with Crippen LogP contribution in [0.5, 0.6) is 11.5 Å². The van der Waals surface area contributed by atoms with Gasteiger partial charge in [0.2, 0.25) is 0 Å². The fourth-order valence-electron chi connectivity index (χ4n) is 3.02. The quantitative estimate of drug-likeness (QED) is 0.719. The van der Waals surface area contributed by atoms with Crippen LogP contribution in [0.25, 0.3) is 11.3 Å². The monoisotopic (exact) mass is 385 g/mol. The van der Waals surface area contributed by atoms with Gasteiger partial charge in [0.25, 0.3) is 5.91 Å². The van der Waals surface area contributed by atoms with Gasteiger partial charge in [-0.05, 0) is 42.8 Å². The van der Waals surface area contributed by atoms with Crippen LogP contribution in [-0.4, -0.2) is 29.3 Å². The van der Waals surface area contributed by atoms with Gasteiger partial charge in [-0.1, -0.05) is 6.07 Å². The molecular weight excluding hydrogens is 368 g/mol. The third-order valence-electron chi connectivity index (χ3n) is 4.51. The molecule has 1 aliphatic rings. The number of rotatable bonds is 4. The van der Waals surface area contributed by atoms with Gasteiger partial charge in [-0.3, -0.25) is 9.89 Å². The number of fused-ring (bicyclic) bond motifs is 1. The molecule has 1 unspecified atom stereocenters. The van der Waals surface area contributed by atoms with Crippen molar-refractivity contribution in [2.75, 3.05) is 13.2 Å². The highest BCUT2D eigenvalue weighted by Gasteiger charge is 2.20. The Bertz CT molecular complexity index is 1040. The first kappa shape index (κ1) is 18.0. The van der Waals surface area contributed by atoms with E-state index in [1.54, 1.807) is 25.1 Å². The second-order valence-electron chi connectivity index (χ2n) is 6.39. The summed E-state index contributed by atoms with van der Waals surface area (Å²) in [4.78, 5) is 12.7. The first-order chi connectivity index (χ1) is 13.5. The van der Waals surface area contributed by atoms with Gasteiger partial charge < -0.3 is 14.8 Å². The van der Waals surface area contributed by atoms with Crippen molar-refractivity contribution in [1.29, 1.82) is 0 Å². The molecule has 3 aromatic rings. The molecule has 28 heavy (non-hydrogen) atoms. The van der Waals surface area contributed by atoms with Crippen LogP contribution in [0.1, 0.15) is 28.9 Å². The Morgan fingerprint density at radius 2 is 1.89 bits per heavy atom. The van der Waals surface area contributed by atoms with Gasteiger partial charge in [-0.2, -0.15) is 5.10 Å². The van der Waals surface area contributed by atoms with Crippen LogP contribution in [0.15, 0.2) is 42.6 Å². The van der Waals surface area contributed by atoms with E-state index in [4.69, 9.17) is 9.47 Å². The number of amides is 1. The molecule has 4 rings (SSSR count). The molecule has 1 aliphatic heterocycles. The number of benzene rings is 2. The maximum Gasteiger partial charge on any atom is 0.255 e. The molecule has 0 spiro atoms.